The lowest BCUT2D eigenvalue weighted by molar-refractivity contribution is 0.876. The minimum Gasteiger partial charge on any atom is -0.0840 e. The topological polar surface area (TPSA) is 0 Å². The summed E-state index contributed by atoms with van der Waals surface area (Å²) in [5.74, 6) is 0.402. The molecule has 2 aromatic carbocycles. The fraction of sp³-hybridized carbons (Fsp3) is 0.231. The van der Waals surface area contributed by atoms with Crippen molar-refractivity contribution in [3.05, 3.63) is 45.9 Å². The molecular weight excluding hydrogens is 227 g/mol. The second kappa shape index (κ2) is 4.03. The summed E-state index contributed by atoms with van der Waals surface area (Å²) in [5.41, 5.74) is 1.18. The lowest BCUT2D eigenvalue weighted by Crippen LogP contribution is -1.91. The van der Waals surface area contributed by atoms with Crippen LogP contribution in [0.5, 0.6) is 0 Å². The molecule has 0 radical (unpaired) electrons. The van der Waals surface area contributed by atoms with E-state index in [4.69, 9.17) is 23.2 Å². The van der Waals surface area contributed by atoms with Crippen LogP contribution in [0, 0.1) is 0 Å². The summed E-state index contributed by atoms with van der Waals surface area (Å²) in [6.07, 6.45) is 0. The zero-order valence-corrected chi connectivity index (χ0v) is 10.2. The fourth-order valence-corrected chi connectivity index (χ4v) is 2.67. The van der Waals surface area contributed by atoms with Gasteiger partial charge < -0.3 is 0 Å². The highest BCUT2D eigenvalue weighted by molar-refractivity contribution is 6.39. The van der Waals surface area contributed by atoms with E-state index in [0.29, 0.717) is 5.92 Å². The van der Waals surface area contributed by atoms with Crippen LogP contribution in [0.25, 0.3) is 10.8 Å². The second-order valence-corrected chi connectivity index (χ2v) is 4.77. The van der Waals surface area contributed by atoms with Crippen LogP contribution in [-0.4, -0.2) is 0 Å². The Hall–Kier alpha value is -0.720. The van der Waals surface area contributed by atoms with Crippen molar-refractivity contribution in [2.75, 3.05) is 0 Å². The van der Waals surface area contributed by atoms with E-state index >= 15 is 0 Å². The monoisotopic (exact) mass is 238 g/mol. The van der Waals surface area contributed by atoms with E-state index in [2.05, 4.69) is 19.9 Å². The van der Waals surface area contributed by atoms with Crippen LogP contribution in [0.15, 0.2) is 30.3 Å². The third-order valence-corrected chi connectivity index (χ3v) is 3.19. The molecule has 0 atom stereocenters. The quantitative estimate of drug-likeness (QED) is 0.635. The van der Waals surface area contributed by atoms with Crippen molar-refractivity contribution in [1.82, 2.24) is 0 Å². The van der Waals surface area contributed by atoms with Gasteiger partial charge >= 0.3 is 0 Å². The molecule has 2 aromatic rings. The molecule has 0 unspecified atom stereocenters. The molecule has 0 aliphatic carbocycles. The summed E-state index contributed by atoms with van der Waals surface area (Å²) in [5, 5.41) is 3.71. The molecule has 0 bridgehead atoms. The minimum absolute atomic E-state index is 0.402. The van der Waals surface area contributed by atoms with Crippen molar-refractivity contribution >= 4 is 34.0 Å². The molecule has 0 aromatic heterocycles. The third kappa shape index (κ3) is 1.84. The van der Waals surface area contributed by atoms with E-state index in [-0.39, 0.29) is 0 Å². The van der Waals surface area contributed by atoms with E-state index in [0.717, 1.165) is 20.8 Å². The first-order valence-electron chi connectivity index (χ1n) is 4.98. The number of halogens is 2. The lowest BCUT2D eigenvalue weighted by Gasteiger charge is -2.13. The number of benzene rings is 2. The van der Waals surface area contributed by atoms with E-state index in [9.17, 15) is 0 Å². The first-order chi connectivity index (χ1) is 7.11. The minimum atomic E-state index is 0.402. The van der Waals surface area contributed by atoms with E-state index in [1.54, 1.807) is 0 Å². The maximum absolute atomic E-state index is 6.22. The van der Waals surface area contributed by atoms with Crippen molar-refractivity contribution in [2.45, 2.75) is 19.8 Å². The molecule has 2 rings (SSSR count). The molecule has 0 amide bonds. The number of hydrogen-bond donors (Lipinski definition) is 0. The van der Waals surface area contributed by atoms with Gasteiger partial charge in [0.05, 0.1) is 0 Å². The molecule has 15 heavy (non-hydrogen) atoms. The van der Waals surface area contributed by atoms with Gasteiger partial charge in [0.1, 0.15) is 0 Å². The molecule has 78 valence electrons. The Morgan fingerprint density at radius 2 is 1.53 bits per heavy atom. The first-order valence-corrected chi connectivity index (χ1v) is 5.73. The number of rotatable bonds is 1. The first kappa shape index (κ1) is 10.8. The highest BCUT2D eigenvalue weighted by Gasteiger charge is 2.11. The maximum atomic E-state index is 6.22. The van der Waals surface area contributed by atoms with E-state index < -0.39 is 0 Å². The van der Waals surface area contributed by atoms with Crippen LogP contribution < -0.4 is 0 Å². The summed E-state index contributed by atoms with van der Waals surface area (Å²) in [6, 6.07) is 9.94. The predicted octanol–water partition coefficient (Wildman–Crippen LogP) is 5.27. The van der Waals surface area contributed by atoms with Gasteiger partial charge in [-0.1, -0.05) is 61.3 Å². The molecule has 0 nitrogen and oxygen atoms in total. The maximum Gasteiger partial charge on any atom is 0.0499 e. The molecular formula is C13H12Cl2. The molecule has 0 spiro atoms. The van der Waals surface area contributed by atoms with Gasteiger partial charge in [0.2, 0.25) is 0 Å². The number of hydrogen-bond acceptors (Lipinski definition) is 0. The Balaban J connectivity index is 2.90. The predicted molar refractivity (Wildman–Crippen MR) is 68.1 cm³/mol. The normalized spacial score (nSPS) is 11.3. The average molecular weight is 239 g/mol. The summed E-state index contributed by atoms with van der Waals surface area (Å²) >= 11 is 12.4. The Morgan fingerprint density at radius 3 is 2.13 bits per heavy atom. The highest BCUT2D eigenvalue weighted by Crippen LogP contribution is 2.36. The summed E-state index contributed by atoms with van der Waals surface area (Å²) in [4.78, 5) is 0. The van der Waals surface area contributed by atoms with Crippen molar-refractivity contribution in [3.63, 3.8) is 0 Å². The Bertz CT molecular complexity index is 501. The molecule has 0 aliphatic rings. The highest BCUT2D eigenvalue weighted by atomic mass is 35.5. The molecule has 0 N–H and O–H groups in total. The molecule has 0 aliphatic heterocycles. The fourth-order valence-electron chi connectivity index (χ4n) is 1.91. The summed E-state index contributed by atoms with van der Waals surface area (Å²) in [6.45, 7) is 4.28. The van der Waals surface area contributed by atoms with Gasteiger partial charge in [-0.15, -0.1) is 0 Å². The van der Waals surface area contributed by atoms with Gasteiger partial charge in [0.25, 0.3) is 0 Å². The lowest BCUT2D eigenvalue weighted by atomic mass is 9.96. The zero-order valence-electron chi connectivity index (χ0n) is 8.72. The summed E-state index contributed by atoms with van der Waals surface area (Å²) in [7, 11) is 0. The van der Waals surface area contributed by atoms with Crippen LogP contribution in [-0.2, 0) is 0 Å². The van der Waals surface area contributed by atoms with Gasteiger partial charge in [-0.05, 0) is 22.9 Å². The van der Waals surface area contributed by atoms with E-state index in [1.807, 2.05) is 24.3 Å². The summed E-state index contributed by atoms with van der Waals surface area (Å²) < 4.78 is 0. The third-order valence-electron chi connectivity index (χ3n) is 2.56. The average Bonchev–Trinajstić information content (AvgIpc) is 2.17. The van der Waals surface area contributed by atoms with Crippen molar-refractivity contribution < 1.29 is 0 Å². The SMILES string of the molecule is CC(C)c1c(Cl)cc(Cl)c2ccccc12. The molecule has 0 fully saturated rings. The Labute approximate surface area is 99.8 Å². The van der Waals surface area contributed by atoms with Crippen LogP contribution in [0.2, 0.25) is 10.0 Å². The molecule has 0 saturated heterocycles. The Kier molecular flexibility index (Phi) is 2.90. The molecule has 2 heteroatoms. The largest absolute Gasteiger partial charge is 0.0840 e. The standard InChI is InChI=1S/C13H12Cl2/c1-8(2)13-10-6-4-3-5-9(10)11(14)7-12(13)15/h3-8H,1-2H3. The zero-order chi connectivity index (χ0) is 11.0. The smallest absolute Gasteiger partial charge is 0.0499 e. The van der Waals surface area contributed by atoms with Crippen molar-refractivity contribution in [3.8, 4) is 0 Å². The molecule has 0 saturated carbocycles. The van der Waals surface area contributed by atoms with Crippen LogP contribution >= 0.6 is 23.2 Å². The van der Waals surface area contributed by atoms with Gasteiger partial charge in [-0.2, -0.15) is 0 Å². The Morgan fingerprint density at radius 1 is 0.933 bits per heavy atom. The van der Waals surface area contributed by atoms with Crippen LogP contribution in [0.1, 0.15) is 25.3 Å². The second-order valence-electron chi connectivity index (χ2n) is 3.95. The van der Waals surface area contributed by atoms with E-state index in [1.165, 1.54) is 5.56 Å². The van der Waals surface area contributed by atoms with Crippen molar-refractivity contribution in [1.29, 1.82) is 0 Å². The number of fused-ring (bicyclic) bond motifs is 1. The van der Waals surface area contributed by atoms with Crippen LogP contribution in [0.4, 0.5) is 0 Å². The van der Waals surface area contributed by atoms with Gasteiger partial charge in [0.15, 0.2) is 0 Å². The van der Waals surface area contributed by atoms with Crippen LogP contribution in [0.3, 0.4) is 0 Å². The molecule has 0 heterocycles. The van der Waals surface area contributed by atoms with Gasteiger partial charge in [0, 0.05) is 15.4 Å². The van der Waals surface area contributed by atoms with Gasteiger partial charge in [-0.25, -0.2) is 0 Å². The van der Waals surface area contributed by atoms with Gasteiger partial charge in [-0.3, -0.25) is 0 Å². The van der Waals surface area contributed by atoms with Crippen molar-refractivity contribution in [2.24, 2.45) is 0 Å².